The van der Waals surface area contributed by atoms with E-state index >= 15 is 0 Å². The molecule has 0 radical (unpaired) electrons. The third-order valence-electron chi connectivity index (χ3n) is 2.41. The molecule has 0 saturated carbocycles. The summed E-state index contributed by atoms with van der Waals surface area (Å²) in [4.78, 5) is 0. The van der Waals surface area contributed by atoms with Crippen LogP contribution in [0.5, 0.6) is 11.5 Å². The minimum absolute atomic E-state index is 0.0193. The van der Waals surface area contributed by atoms with E-state index in [0.717, 1.165) is 10.8 Å². The van der Waals surface area contributed by atoms with Crippen molar-refractivity contribution in [2.24, 2.45) is 0 Å². The minimum Gasteiger partial charge on any atom is -0.508 e. The van der Waals surface area contributed by atoms with E-state index < -0.39 is 5.51 Å². The van der Waals surface area contributed by atoms with Gasteiger partial charge in [-0.2, -0.15) is 13.2 Å². The summed E-state index contributed by atoms with van der Waals surface area (Å²) in [5.41, 5.74) is -4.22. The fourth-order valence-electron chi connectivity index (χ4n) is 1.62. The van der Waals surface area contributed by atoms with E-state index in [4.69, 9.17) is 4.74 Å². The highest BCUT2D eigenvalue weighted by Gasteiger charge is 2.27. The van der Waals surface area contributed by atoms with Crippen molar-refractivity contribution in [2.75, 3.05) is 12.4 Å². The smallest absolute Gasteiger partial charge is 0.441 e. The summed E-state index contributed by atoms with van der Waals surface area (Å²) in [5, 5.41) is 11.1. The van der Waals surface area contributed by atoms with Crippen molar-refractivity contribution >= 4 is 22.5 Å². The summed E-state index contributed by atoms with van der Waals surface area (Å²) in [5.74, 6) is 0.472. The van der Waals surface area contributed by atoms with Crippen molar-refractivity contribution in [3.63, 3.8) is 0 Å². The van der Waals surface area contributed by atoms with Crippen molar-refractivity contribution in [3.05, 3.63) is 36.4 Å². The predicted octanol–water partition coefficient (Wildman–Crippen LogP) is 4.18. The maximum atomic E-state index is 11.9. The van der Waals surface area contributed by atoms with E-state index in [0.29, 0.717) is 5.75 Å². The van der Waals surface area contributed by atoms with Crippen LogP contribution >= 0.6 is 11.8 Å². The summed E-state index contributed by atoms with van der Waals surface area (Å²) in [6.07, 6.45) is 0. The van der Waals surface area contributed by atoms with Crippen LogP contribution in [0.1, 0.15) is 0 Å². The Morgan fingerprint density at radius 3 is 2.53 bits per heavy atom. The van der Waals surface area contributed by atoms with Crippen molar-refractivity contribution < 1.29 is 23.0 Å². The summed E-state index contributed by atoms with van der Waals surface area (Å²) in [6, 6.07) is 10.1. The molecule has 0 aliphatic heterocycles. The second-order valence-corrected chi connectivity index (χ2v) is 5.00. The average molecular weight is 288 g/mol. The van der Waals surface area contributed by atoms with Gasteiger partial charge in [0.25, 0.3) is 0 Å². The summed E-state index contributed by atoms with van der Waals surface area (Å²) in [7, 11) is 0. The summed E-state index contributed by atoms with van der Waals surface area (Å²) < 4.78 is 41.0. The SMILES string of the molecule is Oc1ccc2ccc(OCCSC(F)(F)F)cc2c1. The number of thioether (sulfide) groups is 1. The van der Waals surface area contributed by atoms with Crippen LogP contribution in [0.2, 0.25) is 0 Å². The summed E-state index contributed by atoms with van der Waals surface area (Å²) >= 11 is -0.106. The molecular formula is C13H11F3O2S. The molecule has 102 valence electrons. The van der Waals surface area contributed by atoms with Gasteiger partial charge in [0.15, 0.2) is 0 Å². The van der Waals surface area contributed by atoms with Crippen LogP contribution in [0.4, 0.5) is 13.2 Å². The molecule has 0 aliphatic rings. The van der Waals surface area contributed by atoms with E-state index in [9.17, 15) is 18.3 Å². The highest BCUT2D eigenvalue weighted by atomic mass is 32.2. The standard InChI is InChI=1S/C13H11F3O2S/c14-13(15,16)19-6-5-18-12-4-2-9-1-3-11(17)7-10(9)8-12/h1-4,7-8,17H,5-6H2. The van der Waals surface area contributed by atoms with Gasteiger partial charge in [-0.3, -0.25) is 0 Å². The Bertz CT molecular complexity index is 569. The molecule has 2 aromatic rings. The first-order chi connectivity index (χ1) is 8.94. The van der Waals surface area contributed by atoms with Gasteiger partial charge < -0.3 is 9.84 Å². The summed E-state index contributed by atoms with van der Waals surface area (Å²) in [6.45, 7) is -0.0193. The van der Waals surface area contributed by atoms with Crippen LogP contribution in [0.3, 0.4) is 0 Å². The quantitative estimate of drug-likeness (QED) is 0.856. The van der Waals surface area contributed by atoms with Crippen LogP contribution in [0, 0.1) is 0 Å². The fraction of sp³-hybridized carbons (Fsp3) is 0.231. The van der Waals surface area contributed by atoms with Crippen molar-refractivity contribution in [3.8, 4) is 11.5 Å². The Balaban J connectivity index is 1.97. The Kier molecular flexibility index (Phi) is 4.09. The number of rotatable bonds is 4. The van der Waals surface area contributed by atoms with Crippen LogP contribution < -0.4 is 4.74 Å². The number of hydrogen-bond donors (Lipinski definition) is 1. The lowest BCUT2D eigenvalue weighted by Gasteiger charge is -2.08. The number of fused-ring (bicyclic) bond motifs is 1. The maximum absolute atomic E-state index is 11.9. The van der Waals surface area contributed by atoms with Gasteiger partial charge in [-0.05, 0) is 46.8 Å². The van der Waals surface area contributed by atoms with Gasteiger partial charge in [0.1, 0.15) is 11.5 Å². The Morgan fingerprint density at radius 2 is 1.79 bits per heavy atom. The van der Waals surface area contributed by atoms with Gasteiger partial charge in [0.2, 0.25) is 0 Å². The largest absolute Gasteiger partial charge is 0.508 e. The normalized spacial score (nSPS) is 11.7. The lowest BCUT2D eigenvalue weighted by atomic mass is 10.1. The number of halogens is 3. The Hall–Kier alpha value is -1.56. The number of benzene rings is 2. The number of alkyl halides is 3. The first-order valence-electron chi connectivity index (χ1n) is 5.50. The zero-order valence-electron chi connectivity index (χ0n) is 9.78. The molecule has 0 spiro atoms. The molecule has 6 heteroatoms. The van der Waals surface area contributed by atoms with Crippen LogP contribution in [-0.2, 0) is 0 Å². The molecule has 0 aromatic heterocycles. The number of aromatic hydroxyl groups is 1. The molecule has 0 fully saturated rings. The zero-order valence-corrected chi connectivity index (χ0v) is 10.6. The predicted molar refractivity (Wildman–Crippen MR) is 69.6 cm³/mol. The molecule has 2 rings (SSSR count). The topological polar surface area (TPSA) is 29.5 Å². The van der Waals surface area contributed by atoms with Crippen molar-refractivity contribution in [2.45, 2.75) is 5.51 Å². The van der Waals surface area contributed by atoms with Gasteiger partial charge in [-0.25, -0.2) is 0 Å². The minimum atomic E-state index is -4.22. The fourth-order valence-corrected chi connectivity index (χ4v) is 2.02. The molecule has 0 aliphatic carbocycles. The van der Waals surface area contributed by atoms with E-state index in [2.05, 4.69) is 0 Å². The van der Waals surface area contributed by atoms with Gasteiger partial charge >= 0.3 is 5.51 Å². The van der Waals surface area contributed by atoms with E-state index in [1.807, 2.05) is 0 Å². The molecule has 0 amide bonds. The van der Waals surface area contributed by atoms with Gasteiger partial charge in [0, 0.05) is 5.75 Å². The molecule has 0 saturated heterocycles. The highest BCUT2D eigenvalue weighted by molar-refractivity contribution is 8.00. The molecule has 0 unspecified atom stereocenters. The molecule has 2 nitrogen and oxygen atoms in total. The molecule has 2 aromatic carbocycles. The lowest BCUT2D eigenvalue weighted by Crippen LogP contribution is -2.07. The molecule has 1 N–H and O–H groups in total. The first-order valence-corrected chi connectivity index (χ1v) is 6.49. The van der Waals surface area contributed by atoms with Crippen LogP contribution in [0.25, 0.3) is 10.8 Å². The van der Waals surface area contributed by atoms with Gasteiger partial charge in [-0.15, -0.1) is 0 Å². The molecule has 19 heavy (non-hydrogen) atoms. The monoisotopic (exact) mass is 288 g/mol. The Labute approximate surface area is 112 Å². The third kappa shape index (κ3) is 4.24. The lowest BCUT2D eigenvalue weighted by molar-refractivity contribution is -0.0329. The van der Waals surface area contributed by atoms with Crippen LogP contribution in [-0.4, -0.2) is 23.0 Å². The van der Waals surface area contributed by atoms with Crippen molar-refractivity contribution in [1.29, 1.82) is 0 Å². The van der Waals surface area contributed by atoms with Crippen molar-refractivity contribution in [1.82, 2.24) is 0 Å². The zero-order chi connectivity index (χ0) is 13.9. The van der Waals surface area contributed by atoms with E-state index in [1.165, 1.54) is 0 Å². The second-order valence-electron chi connectivity index (χ2n) is 3.84. The van der Waals surface area contributed by atoms with E-state index in [1.54, 1.807) is 36.4 Å². The third-order valence-corrected chi connectivity index (χ3v) is 3.11. The number of phenols is 1. The maximum Gasteiger partial charge on any atom is 0.441 e. The molecule has 0 atom stereocenters. The molecular weight excluding hydrogens is 277 g/mol. The van der Waals surface area contributed by atoms with Gasteiger partial charge in [0.05, 0.1) is 6.61 Å². The highest BCUT2D eigenvalue weighted by Crippen LogP contribution is 2.30. The average Bonchev–Trinajstić information content (AvgIpc) is 2.33. The second kappa shape index (κ2) is 5.61. The van der Waals surface area contributed by atoms with Crippen LogP contribution in [0.15, 0.2) is 36.4 Å². The number of phenolic OH excluding ortho intramolecular Hbond substituents is 1. The van der Waals surface area contributed by atoms with E-state index in [-0.39, 0.29) is 29.9 Å². The Morgan fingerprint density at radius 1 is 1.05 bits per heavy atom. The number of ether oxygens (including phenoxy) is 1. The molecule has 0 bridgehead atoms. The molecule has 0 heterocycles. The first kappa shape index (κ1) is 13.9. The van der Waals surface area contributed by atoms with Gasteiger partial charge in [-0.1, -0.05) is 12.1 Å². The number of hydrogen-bond acceptors (Lipinski definition) is 3.